The highest BCUT2D eigenvalue weighted by Gasteiger charge is 2.12. The maximum absolute atomic E-state index is 13.0. The minimum Gasteiger partial charge on any atom is -0.398 e. The molecular formula is C15H14BrFN2O. The number of nitrogen functional groups attached to an aromatic ring is 1. The zero-order chi connectivity index (χ0) is 14.7. The Bertz CT molecular complexity index is 658. The Morgan fingerprint density at radius 2 is 2.05 bits per heavy atom. The van der Waals surface area contributed by atoms with Gasteiger partial charge in [0.05, 0.1) is 5.56 Å². The number of nitrogens with two attached hydrogens (primary N) is 1. The lowest BCUT2D eigenvalue weighted by molar-refractivity contribution is 0.102. The third kappa shape index (κ3) is 3.17. The van der Waals surface area contributed by atoms with Gasteiger partial charge in [-0.05, 0) is 48.4 Å². The number of carbonyl (C=O) groups is 1. The number of aryl methyl sites for hydroxylation is 1. The molecule has 20 heavy (non-hydrogen) atoms. The second kappa shape index (κ2) is 6.05. The van der Waals surface area contributed by atoms with Crippen LogP contribution in [0.4, 0.5) is 15.8 Å². The predicted octanol–water partition coefficient (Wildman–Crippen LogP) is 3.99. The molecule has 0 aliphatic carbocycles. The summed E-state index contributed by atoms with van der Waals surface area (Å²) < 4.78 is 13.9. The summed E-state index contributed by atoms with van der Waals surface area (Å²) in [5.74, 6) is -0.809. The highest BCUT2D eigenvalue weighted by atomic mass is 79.9. The quantitative estimate of drug-likeness (QED) is 0.832. The zero-order valence-corrected chi connectivity index (χ0v) is 12.5. The molecule has 3 N–H and O–H groups in total. The highest BCUT2D eigenvalue weighted by molar-refractivity contribution is 9.10. The summed E-state index contributed by atoms with van der Waals surface area (Å²) in [5.41, 5.74) is 7.78. The molecule has 0 bridgehead atoms. The van der Waals surface area contributed by atoms with E-state index in [0.717, 1.165) is 28.2 Å². The van der Waals surface area contributed by atoms with Crippen LogP contribution in [-0.4, -0.2) is 5.91 Å². The van der Waals surface area contributed by atoms with Crippen LogP contribution in [0.5, 0.6) is 0 Å². The van der Waals surface area contributed by atoms with E-state index >= 15 is 0 Å². The molecule has 3 nitrogen and oxygen atoms in total. The van der Waals surface area contributed by atoms with Gasteiger partial charge in [0, 0.05) is 15.8 Å². The van der Waals surface area contributed by atoms with Gasteiger partial charge >= 0.3 is 0 Å². The van der Waals surface area contributed by atoms with E-state index in [9.17, 15) is 9.18 Å². The minimum absolute atomic E-state index is 0.123. The maximum atomic E-state index is 13.0. The normalized spacial score (nSPS) is 10.3. The molecule has 0 aromatic heterocycles. The average molecular weight is 337 g/mol. The number of halogens is 2. The molecule has 0 unspecified atom stereocenters. The van der Waals surface area contributed by atoms with Crippen molar-refractivity contribution in [3.8, 4) is 0 Å². The summed E-state index contributed by atoms with van der Waals surface area (Å²) in [6.45, 7) is 2.00. The molecule has 0 saturated carbocycles. The summed E-state index contributed by atoms with van der Waals surface area (Å²) in [4.78, 5) is 12.2. The SMILES string of the molecule is CCc1cc(Br)ccc1NC(=O)c1ccc(F)cc1N. The molecule has 104 valence electrons. The van der Waals surface area contributed by atoms with Gasteiger partial charge in [0.15, 0.2) is 0 Å². The van der Waals surface area contributed by atoms with Crippen LogP contribution in [0.15, 0.2) is 40.9 Å². The number of anilines is 2. The van der Waals surface area contributed by atoms with Crippen molar-refractivity contribution in [3.05, 3.63) is 57.8 Å². The summed E-state index contributed by atoms with van der Waals surface area (Å²) in [7, 11) is 0. The molecule has 1 amide bonds. The summed E-state index contributed by atoms with van der Waals surface area (Å²) >= 11 is 3.39. The smallest absolute Gasteiger partial charge is 0.257 e. The van der Waals surface area contributed by atoms with Crippen LogP contribution in [0.2, 0.25) is 0 Å². The standard InChI is InChI=1S/C15H14BrFN2O/c1-2-9-7-10(16)3-6-14(9)19-15(20)12-5-4-11(17)8-13(12)18/h3-8H,2,18H2,1H3,(H,19,20). The van der Waals surface area contributed by atoms with Gasteiger partial charge in [0.1, 0.15) is 5.82 Å². The third-order valence-corrected chi connectivity index (χ3v) is 3.45. The van der Waals surface area contributed by atoms with Crippen molar-refractivity contribution in [1.29, 1.82) is 0 Å². The fourth-order valence-electron chi connectivity index (χ4n) is 1.91. The minimum atomic E-state index is -0.461. The molecule has 2 aromatic rings. The van der Waals surface area contributed by atoms with Gasteiger partial charge in [-0.1, -0.05) is 22.9 Å². The Hall–Kier alpha value is -1.88. The highest BCUT2D eigenvalue weighted by Crippen LogP contribution is 2.23. The number of benzene rings is 2. The van der Waals surface area contributed by atoms with Crippen molar-refractivity contribution in [2.75, 3.05) is 11.1 Å². The first-order valence-electron chi connectivity index (χ1n) is 6.16. The Labute approximate surface area is 125 Å². The molecule has 0 atom stereocenters. The fraction of sp³-hybridized carbons (Fsp3) is 0.133. The molecule has 0 aliphatic heterocycles. The zero-order valence-electron chi connectivity index (χ0n) is 10.9. The van der Waals surface area contributed by atoms with Crippen LogP contribution < -0.4 is 11.1 Å². The van der Waals surface area contributed by atoms with Crippen LogP contribution in [0.3, 0.4) is 0 Å². The number of hydrogen-bond acceptors (Lipinski definition) is 2. The molecule has 5 heteroatoms. The first-order valence-corrected chi connectivity index (χ1v) is 6.95. The number of amides is 1. The molecular weight excluding hydrogens is 323 g/mol. The molecule has 2 aromatic carbocycles. The lowest BCUT2D eigenvalue weighted by atomic mass is 10.1. The van der Waals surface area contributed by atoms with E-state index in [1.807, 2.05) is 25.1 Å². The van der Waals surface area contributed by atoms with E-state index in [1.165, 1.54) is 12.1 Å². The van der Waals surface area contributed by atoms with Gasteiger partial charge in [0.25, 0.3) is 5.91 Å². The molecule has 0 spiro atoms. The van der Waals surface area contributed by atoms with Crippen molar-refractivity contribution in [3.63, 3.8) is 0 Å². The molecule has 0 aliphatic rings. The summed E-state index contributed by atoms with van der Waals surface area (Å²) in [5, 5.41) is 2.80. The van der Waals surface area contributed by atoms with Gasteiger partial charge in [-0.2, -0.15) is 0 Å². The van der Waals surface area contributed by atoms with Crippen LogP contribution in [0.1, 0.15) is 22.8 Å². The Kier molecular flexibility index (Phi) is 4.39. The number of nitrogens with one attached hydrogen (secondary N) is 1. The van der Waals surface area contributed by atoms with E-state index in [-0.39, 0.29) is 17.2 Å². The third-order valence-electron chi connectivity index (χ3n) is 2.95. The molecule has 0 saturated heterocycles. The van der Waals surface area contributed by atoms with Gasteiger partial charge in [-0.3, -0.25) is 4.79 Å². The van der Waals surface area contributed by atoms with Gasteiger partial charge in [-0.25, -0.2) is 4.39 Å². The van der Waals surface area contributed by atoms with Gasteiger partial charge < -0.3 is 11.1 Å². The predicted molar refractivity (Wildman–Crippen MR) is 82.3 cm³/mol. The average Bonchev–Trinajstić information content (AvgIpc) is 2.40. The van der Waals surface area contributed by atoms with Gasteiger partial charge in [-0.15, -0.1) is 0 Å². The maximum Gasteiger partial charge on any atom is 0.257 e. The van der Waals surface area contributed by atoms with Crippen molar-refractivity contribution in [2.45, 2.75) is 13.3 Å². The van der Waals surface area contributed by atoms with Crippen molar-refractivity contribution in [2.24, 2.45) is 0 Å². The van der Waals surface area contributed by atoms with E-state index in [0.29, 0.717) is 0 Å². The molecule has 0 radical (unpaired) electrons. The Balaban J connectivity index is 2.28. The van der Waals surface area contributed by atoms with Gasteiger partial charge in [0.2, 0.25) is 0 Å². The van der Waals surface area contributed by atoms with Crippen LogP contribution in [0.25, 0.3) is 0 Å². The van der Waals surface area contributed by atoms with Crippen molar-refractivity contribution < 1.29 is 9.18 Å². The number of rotatable bonds is 3. The fourth-order valence-corrected chi connectivity index (χ4v) is 2.32. The van der Waals surface area contributed by atoms with E-state index in [4.69, 9.17) is 5.73 Å². The topological polar surface area (TPSA) is 55.1 Å². The summed E-state index contributed by atoms with van der Waals surface area (Å²) in [6.07, 6.45) is 0.786. The lowest BCUT2D eigenvalue weighted by Gasteiger charge is -2.11. The van der Waals surface area contributed by atoms with Crippen LogP contribution in [0, 0.1) is 5.82 Å². The van der Waals surface area contributed by atoms with Crippen molar-refractivity contribution in [1.82, 2.24) is 0 Å². The monoisotopic (exact) mass is 336 g/mol. The largest absolute Gasteiger partial charge is 0.398 e. The van der Waals surface area contributed by atoms with E-state index in [2.05, 4.69) is 21.2 Å². The molecule has 2 rings (SSSR count). The first-order chi connectivity index (χ1) is 9.51. The summed E-state index contributed by atoms with van der Waals surface area (Å²) in [6, 6.07) is 9.35. The Morgan fingerprint density at radius 3 is 2.70 bits per heavy atom. The second-order valence-electron chi connectivity index (χ2n) is 4.34. The lowest BCUT2D eigenvalue weighted by Crippen LogP contribution is -2.15. The molecule has 0 heterocycles. The second-order valence-corrected chi connectivity index (χ2v) is 5.26. The van der Waals surface area contributed by atoms with Crippen LogP contribution >= 0.6 is 15.9 Å². The van der Waals surface area contributed by atoms with Crippen LogP contribution in [-0.2, 0) is 6.42 Å². The molecule has 0 fully saturated rings. The van der Waals surface area contributed by atoms with E-state index < -0.39 is 5.82 Å². The van der Waals surface area contributed by atoms with E-state index in [1.54, 1.807) is 0 Å². The first kappa shape index (κ1) is 14.5. The number of carbonyl (C=O) groups excluding carboxylic acids is 1. The Morgan fingerprint density at radius 1 is 1.30 bits per heavy atom. The number of hydrogen-bond donors (Lipinski definition) is 2. The van der Waals surface area contributed by atoms with Crippen molar-refractivity contribution >= 4 is 33.2 Å².